The van der Waals surface area contributed by atoms with Crippen molar-refractivity contribution in [2.75, 3.05) is 31.1 Å². The Bertz CT molecular complexity index is 746. The highest BCUT2D eigenvalue weighted by molar-refractivity contribution is 7.87. The van der Waals surface area contributed by atoms with Gasteiger partial charge in [-0.1, -0.05) is 45.4 Å². The summed E-state index contributed by atoms with van der Waals surface area (Å²) in [4.78, 5) is 2.22. The third kappa shape index (κ3) is 5.32. The smallest absolute Gasteiger partial charge is 0.369 e. The van der Waals surface area contributed by atoms with Gasteiger partial charge in [-0.2, -0.15) is 12.7 Å². The number of anilines is 1. The van der Waals surface area contributed by atoms with Gasteiger partial charge in [0.25, 0.3) is 6.33 Å². The van der Waals surface area contributed by atoms with Crippen molar-refractivity contribution in [3.8, 4) is 0 Å². The second-order valence-corrected chi connectivity index (χ2v) is 7.47. The van der Waals surface area contributed by atoms with Crippen molar-refractivity contribution in [2.45, 2.75) is 34.6 Å². The maximum atomic E-state index is 12.5. The van der Waals surface area contributed by atoms with E-state index in [9.17, 15) is 8.42 Å². The van der Waals surface area contributed by atoms with Crippen LogP contribution in [0.4, 0.5) is 5.69 Å². The Balaban J connectivity index is 0.000000791. The summed E-state index contributed by atoms with van der Waals surface area (Å²) in [7, 11) is -1.64. The number of benzene rings is 1. The third-order valence-corrected chi connectivity index (χ3v) is 5.74. The van der Waals surface area contributed by atoms with E-state index in [1.165, 1.54) is 13.8 Å². The fourth-order valence-corrected chi connectivity index (χ4v) is 4.00. The number of hydrogen-bond donors (Lipinski definition) is 0. The van der Waals surface area contributed by atoms with Crippen LogP contribution in [-0.4, -0.2) is 42.9 Å². The van der Waals surface area contributed by atoms with Crippen LogP contribution in [0.1, 0.15) is 33.3 Å². The first-order chi connectivity index (χ1) is 12.5. The van der Waals surface area contributed by atoms with E-state index >= 15 is 0 Å². The van der Waals surface area contributed by atoms with Gasteiger partial charge in [0, 0.05) is 31.9 Å². The Kier molecular flexibility index (Phi) is 8.81. The molecule has 0 spiro atoms. The molecule has 2 aromatic rings. The number of imidazole rings is 1. The molecule has 1 aromatic carbocycles. The molecule has 1 aromatic heterocycles. The molecule has 6 nitrogen and oxygen atoms in total. The summed E-state index contributed by atoms with van der Waals surface area (Å²) in [5, 5.41) is 0. The van der Waals surface area contributed by atoms with Crippen LogP contribution in [-0.2, 0) is 17.3 Å². The minimum Gasteiger partial charge on any atom is -0.369 e. The molecule has 0 amide bonds. The van der Waals surface area contributed by atoms with E-state index in [0.29, 0.717) is 26.2 Å². The van der Waals surface area contributed by atoms with Gasteiger partial charge >= 0.3 is 10.2 Å². The standard InChI is InChI=1S/C15H21N4O2S.2C2H6/c1-14-3-5-15(6-4-14)17-8-11-18(12-9-17)22(20,21)19-10-7-16(2)13-19;2*1-2/h3-7,10,13H,8-9,11-12H2,1-2H3;2*1-2H3/q+1;;. The molecular formula is C19H33N4O2S+. The Morgan fingerprint density at radius 2 is 1.46 bits per heavy atom. The Morgan fingerprint density at radius 3 is 1.92 bits per heavy atom. The molecule has 146 valence electrons. The zero-order valence-corrected chi connectivity index (χ0v) is 17.7. The van der Waals surface area contributed by atoms with Crippen molar-refractivity contribution in [3.05, 3.63) is 48.5 Å². The quantitative estimate of drug-likeness (QED) is 0.768. The molecule has 1 saturated heterocycles. The highest BCUT2D eigenvalue weighted by Crippen LogP contribution is 2.18. The van der Waals surface area contributed by atoms with Gasteiger partial charge in [-0.15, -0.1) is 3.97 Å². The van der Waals surface area contributed by atoms with Crippen LogP contribution >= 0.6 is 0 Å². The van der Waals surface area contributed by atoms with E-state index in [1.54, 1.807) is 30.3 Å². The van der Waals surface area contributed by atoms with Crippen molar-refractivity contribution in [2.24, 2.45) is 7.05 Å². The highest BCUT2D eigenvalue weighted by atomic mass is 32.2. The number of rotatable bonds is 3. The van der Waals surface area contributed by atoms with Crippen LogP contribution < -0.4 is 9.47 Å². The van der Waals surface area contributed by atoms with E-state index in [-0.39, 0.29) is 0 Å². The van der Waals surface area contributed by atoms with Gasteiger partial charge in [0.1, 0.15) is 12.4 Å². The van der Waals surface area contributed by atoms with Crippen molar-refractivity contribution in [1.29, 1.82) is 0 Å². The molecule has 0 aliphatic carbocycles. The molecule has 0 unspecified atom stereocenters. The summed E-state index contributed by atoms with van der Waals surface area (Å²) in [6, 6.07) is 8.34. The van der Waals surface area contributed by atoms with Crippen LogP contribution in [0.2, 0.25) is 0 Å². The van der Waals surface area contributed by atoms with Crippen LogP contribution in [0.15, 0.2) is 43.0 Å². The van der Waals surface area contributed by atoms with Gasteiger partial charge < -0.3 is 4.90 Å². The Morgan fingerprint density at radius 1 is 0.923 bits per heavy atom. The molecule has 1 aliphatic heterocycles. The van der Waals surface area contributed by atoms with Crippen molar-refractivity contribution in [3.63, 3.8) is 0 Å². The van der Waals surface area contributed by atoms with E-state index in [2.05, 4.69) is 36.1 Å². The molecule has 0 N–H and O–H groups in total. The lowest BCUT2D eigenvalue weighted by Crippen LogP contribution is -2.50. The first kappa shape index (κ1) is 22.2. The molecular weight excluding hydrogens is 348 g/mol. The monoisotopic (exact) mass is 381 g/mol. The lowest BCUT2D eigenvalue weighted by atomic mass is 10.2. The molecule has 1 fully saturated rings. The molecule has 7 heteroatoms. The average Bonchev–Trinajstić information content (AvgIpc) is 3.13. The molecule has 0 atom stereocenters. The second kappa shape index (κ2) is 10.3. The Hall–Kier alpha value is -1.86. The SMILES string of the molecule is CC.CC.Cc1ccc(N2CCN(S(=O)(=O)n3cc[n+](C)c3)CC2)cc1. The van der Waals surface area contributed by atoms with E-state index < -0.39 is 10.2 Å². The molecule has 1 aliphatic rings. The first-order valence-corrected chi connectivity index (χ1v) is 10.7. The molecule has 0 saturated carbocycles. The first-order valence-electron chi connectivity index (χ1n) is 9.32. The van der Waals surface area contributed by atoms with E-state index in [1.807, 2.05) is 27.7 Å². The minimum absolute atomic E-state index is 0.498. The van der Waals surface area contributed by atoms with Crippen LogP contribution in [0.3, 0.4) is 0 Å². The highest BCUT2D eigenvalue weighted by Gasteiger charge is 2.31. The summed E-state index contributed by atoms with van der Waals surface area (Å²) in [5.41, 5.74) is 2.38. The van der Waals surface area contributed by atoms with Crippen LogP contribution in [0.25, 0.3) is 0 Å². The predicted octanol–water partition coefficient (Wildman–Crippen LogP) is 2.59. The summed E-state index contributed by atoms with van der Waals surface area (Å²) in [6.45, 7) is 12.5. The number of hydrogen-bond acceptors (Lipinski definition) is 3. The van der Waals surface area contributed by atoms with Crippen molar-refractivity contribution >= 4 is 15.9 Å². The summed E-state index contributed by atoms with van der Waals surface area (Å²) in [5.74, 6) is 0. The number of nitrogens with zero attached hydrogens (tertiary/aromatic N) is 4. The minimum atomic E-state index is -3.45. The molecule has 0 bridgehead atoms. The lowest BCUT2D eigenvalue weighted by molar-refractivity contribution is -0.670. The largest absolute Gasteiger partial charge is 0.379 e. The molecule has 0 radical (unpaired) electrons. The fraction of sp³-hybridized carbons (Fsp3) is 0.526. The summed E-state index contributed by atoms with van der Waals surface area (Å²) in [6.07, 6.45) is 4.86. The van der Waals surface area contributed by atoms with Gasteiger partial charge in [0.2, 0.25) is 0 Å². The van der Waals surface area contributed by atoms with Crippen molar-refractivity contribution in [1.82, 2.24) is 8.28 Å². The van der Waals surface area contributed by atoms with E-state index in [4.69, 9.17) is 0 Å². The molecule has 2 heterocycles. The van der Waals surface area contributed by atoms with E-state index in [0.717, 1.165) is 5.69 Å². The maximum Gasteiger partial charge on any atom is 0.379 e. The normalized spacial score (nSPS) is 14.8. The van der Waals surface area contributed by atoms with Gasteiger partial charge in [-0.05, 0) is 19.1 Å². The summed E-state index contributed by atoms with van der Waals surface area (Å²) >= 11 is 0. The zero-order chi connectivity index (χ0) is 19.7. The topological polar surface area (TPSA) is 49.4 Å². The number of piperazine rings is 1. The van der Waals surface area contributed by atoms with Crippen LogP contribution in [0, 0.1) is 6.92 Å². The second-order valence-electron chi connectivity index (χ2n) is 5.64. The van der Waals surface area contributed by atoms with Gasteiger partial charge in [-0.3, -0.25) is 0 Å². The van der Waals surface area contributed by atoms with Gasteiger partial charge in [0.15, 0.2) is 0 Å². The lowest BCUT2D eigenvalue weighted by Gasteiger charge is -2.34. The summed E-state index contributed by atoms with van der Waals surface area (Å²) < 4.78 is 29.6. The zero-order valence-electron chi connectivity index (χ0n) is 16.9. The molecule has 3 rings (SSSR count). The molecule has 26 heavy (non-hydrogen) atoms. The predicted molar refractivity (Wildman–Crippen MR) is 108 cm³/mol. The fourth-order valence-electron chi connectivity index (χ4n) is 2.63. The van der Waals surface area contributed by atoms with Crippen LogP contribution in [0.5, 0.6) is 0 Å². The number of aryl methyl sites for hydroxylation is 2. The van der Waals surface area contributed by atoms with Crippen molar-refractivity contribution < 1.29 is 13.0 Å². The van der Waals surface area contributed by atoms with Gasteiger partial charge in [-0.25, -0.2) is 4.57 Å². The maximum absolute atomic E-state index is 12.5. The average molecular weight is 382 g/mol. The Labute approximate surface area is 158 Å². The third-order valence-electron chi connectivity index (χ3n) is 3.98. The van der Waals surface area contributed by atoms with Gasteiger partial charge in [0.05, 0.1) is 7.05 Å². The number of aromatic nitrogens is 2.